The van der Waals surface area contributed by atoms with E-state index in [0.717, 1.165) is 23.1 Å². The minimum absolute atomic E-state index is 0.00463. The lowest BCUT2D eigenvalue weighted by atomic mass is 10.1. The molecule has 0 aliphatic rings. The molecule has 0 aliphatic heterocycles. The van der Waals surface area contributed by atoms with Crippen LogP contribution in [0.4, 0.5) is 0 Å². The molecule has 0 amide bonds. The summed E-state index contributed by atoms with van der Waals surface area (Å²) < 4.78 is 27.3. The van der Waals surface area contributed by atoms with E-state index in [0.29, 0.717) is 0 Å². The minimum atomic E-state index is -3.36. The highest BCUT2D eigenvalue weighted by Crippen LogP contribution is 2.16. The Morgan fingerprint density at radius 1 is 0.955 bits per heavy atom. The first-order valence-electron chi connectivity index (χ1n) is 7.54. The third-order valence-corrected chi connectivity index (χ3v) is 5.15. The summed E-state index contributed by atoms with van der Waals surface area (Å²) in [7, 11) is -3.36. The molecule has 2 rings (SSSR count). The smallest absolute Gasteiger partial charge is 0.212 e. The molecule has 118 valence electrons. The van der Waals surface area contributed by atoms with Crippen LogP contribution in [0.2, 0.25) is 0 Å². The lowest BCUT2D eigenvalue weighted by Crippen LogP contribution is -2.28. The van der Waals surface area contributed by atoms with Crippen molar-refractivity contribution >= 4 is 10.0 Å². The first kappa shape index (κ1) is 16.7. The van der Waals surface area contributed by atoms with E-state index in [4.69, 9.17) is 0 Å². The van der Waals surface area contributed by atoms with Gasteiger partial charge in [0.2, 0.25) is 10.0 Å². The fraction of sp³-hybridized carbons (Fsp3) is 0.333. The van der Waals surface area contributed by atoms with Crippen LogP contribution in [0.25, 0.3) is 0 Å². The second-order valence-electron chi connectivity index (χ2n) is 5.68. The Hall–Kier alpha value is -1.65. The van der Waals surface area contributed by atoms with Gasteiger partial charge in [-0.1, -0.05) is 61.0 Å². The first-order chi connectivity index (χ1) is 10.4. The predicted octanol–water partition coefficient (Wildman–Crippen LogP) is 3.74. The van der Waals surface area contributed by atoms with E-state index in [1.807, 2.05) is 62.4 Å². The number of nitrogens with one attached hydrogen (secondary N) is 1. The molecule has 3 nitrogen and oxygen atoms in total. The fourth-order valence-corrected chi connectivity index (χ4v) is 3.71. The molecule has 0 aromatic heterocycles. The standard InChI is InChI=1S/C18H23NO2S/c1-4-16-9-11-18(12-10-16)15(3)19-22(20,21)13-17-7-5-14(2)6-8-17/h5-12,15,19H,4,13H2,1-3H3/t15-/m1/s1. The predicted molar refractivity (Wildman–Crippen MR) is 91.2 cm³/mol. The zero-order chi connectivity index (χ0) is 16.2. The highest BCUT2D eigenvalue weighted by molar-refractivity contribution is 7.88. The van der Waals surface area contributed by atoms with Gasteiger partial charge in [0.05, 0.1) is 5.75 Å². The third kappa shape index (κ3) is 4.68. The van der Waals surface area contributed by atoms with Gasteiger partial charge in [0.25, 0.3) is 0 Å². The van der Waals surface area contributed by atoms with E-state index in [-0.39, 0.29) is 11.8 Å². The Balaban J connectivity index is 2.05. The van der Waals surface area contributed by atoms with Crippen molar-refractivity contribution in [1.82, 2.24) is 4.72 Å². The Kier molecular flexibility index (Phi) is 5.37. The van der Waals surface area contributed by atoms with E-state index in [2.05, 4.69) is 11.6 Å². The number of hydrogen-bond acceptors (Lipinski definition) is 2. The topological polar surface area (TPSA) is 46.2 Å². The van der Waals surface area contributed by atoms with Gasteiger partial charge >= 0.3 is 0 Å². The van der Waals surface area contributed by atoms with Crippen LogP contribution in [0.5, 0.6) is 0 Å². The lowest BCUT2D eigenvalue weighted by molar-refractivity contribution is 0.566. The molecule has 2 aromatic rings. The molecule has 0 aliphatic carbocycles. The Labute approximate surface area is 133 Å². The van der Waals surface area contributed by atoms with Crippen molar-refractivity contribution in [2.45, 2.75) is 39.0 Å². The average Bonchev–Trinajstić information content (AvgIpc) is 2.49. The summed E-state index contributed by atoms with van der Waals surface area (Å²) in [5, 5.41) is 0. The van der Waals surface area contributed by atoms with Crippen molar-refractivity contribution in [3.05, 3.63) is 70.8 Å². The van der Waals surface area contributed by atoms with Gasteiger partial charge in [-0.2, -0.15) is 0 Å². The molecule has 4 heteroatoms. The first-order valence-corrected chi connectivity index (χ1v) is 9.19. The molecular formula is C18H23NO2S. The highest BCUT2D eigenvalue weighted by atomic mass is 32.2. The maximum absolute atomic E-state index is 12.3. The van der Waals surface area contributed by atoms with Crippen LogP contribution in [-0.4, -0.2) is 8.42 Å². The molecule has 0 spiro atoms. The van der Waals surface area contributed by atoms with Crippen LogP contribution < -0.4 is 4.72 Å². The molecule has 22 heavy (non-hydrogen) atoms. The largest absolute Gasteiger partial charge is 0.216 e. The number of hydrogen-bond donors (Lipinski definition) is 1. The molecular weight excluding hydrogens is 294 g/mol. The molecule has 0 saturated carbocycles. The summed E-state index contributed by atoms with van der Waals surface area (Å²) >= 11 is 0. The van der Waals surface area contributed by atoms with Gasteiger partial charge in [-0.3, -0.25) is 0 Å². The van der Waals surface area contributed by atoms with Gasteiger partial charge < -0.3 is 0 Å². The maximum atomic E-state index is 12.3. The zero-order valence-electron chi connectivity index (χ0n) is 13.3. The van der Waals surface area contributed by atoms with Crippen molar-refractivity contribution in [2.24, 2.45) is 0 Å². The van der Waals surface area contributed by atoms with E-state index in [1.165, 1.54) is 5.56 Å². The van der Waals surface area contributed by atoms with Crippen LogP contribution in [0, 0.1) is 6.92 Å². The summed E-state index contributed by atoms with van der Waals surface area (Å²) in [4.78, 5) is 0. The molecule has 1 N–H and O–H groups in total. The van der Waals surface area contributed by atoms with Crippen LogP contribution in [0.3, 0.4) is 0 Å². The van der Waals surface area contributed by atoms with Crippen LogP contribution in [-0.2, 0) is 22.2 Å². The average molecular weight is 317 g/mol. The molecule has 0 heterocycles. The lowest BCUT2D eigenvalue weighted by Gasteiger charge is -2.15. The molecule has 0 bridgehead atoms. The van der Waals surface area contributed by atoms with Gasteiger partial charge in [0.15, 0.2) is 0 Å². The minimum Gasteiger partial charge on any atom is -0.212 e. The van der Waals surface area contributed by atoms with Crippen molar-refractivity contribution in [2.75, 3.05) is 0 Å². The maximum Gasteiger partial charge on any atom is 0.216 e. The number of benzene rings is 2. The summed E-state index contributed by atoms with van der Waals surface area (Å²) in [6.07, 6.45) is 0.980. The van der Waals surface area contributed by atoms with Gasteiger partial charge in [-0.15, -0.1) is 0 Å². The number of rotatable bonds is 6. The fourth-order valence-electron chi connectivity index (χ4n) is 2.32. The quantitative estimate of drug-likeness (QED) is 0.882. The van der Waals surface area contributed by atoms with Crippen molar-refractivity contribution < 1.29 is 8.42 Å². The van der Waals surface area contributed by atoms with Crippen molar-refractivity contribution in [3.8, 4) is 0 Å². The van der Waals surface area contributed by atoms with Gasteiger partial charge in [-0.25, -0.2) is 13.1 Å². The molecule has 0 unspecified atom stereocenters. The molecule has 0 fully saturated rings. The Morgan fingerprint density at radius 2 is 1.50 bits per heavy atom. The van der Waals surface area contributed by atoms with Gasteiger partial charge in [0, 0.05) is 6.04 Å². The zero-order valence-corrected chi connectivity index (χ0v) is 14.2. The number of aryl methyl sites for hydroxylation is 2. The van der Waals surface area contributed by atoms with Crippen LogP contribution in [0.15, 0.2) is 48.5 Å². The highest BCUT2D eigenvalue weighted by Gasteiger charge is 2.16. The van der Waals surface area contributed by atoms with Crippen molar-refractivity contribution in [3.63, 3.8) is 0 Å². The van der Waals surface area contributed by atoms with Crippen LogP contribution >= 0.6 is 0 Å². The van der Waals surface area contributed by atoms with Crippen LogP contribution in [0.1, 0.15) is 42.1 Å². The Bertz CT molecular complexity index is 704. The van der Waals surface area contributed by atoms with Gasteiger partial charge in [0.1, 0.15) is 0 Å². The second kappa shape index (κ2) is 7.07. The monoisotopic (exact) mass is 317 g/mol. The van der Waals surface area contributed by atoms with E-state index in [9.17, 15) is 8.42 Å². The molecule has 1 atom stereocenters. The normalized spacial score (nSPS) is 13.0. The molecule has 2 aromatic carbocycles. The third-order valence-electron chi connectivity index (χ3n) is 3.72. The molecule has 0 saturated heterocycles. The van der Waals surface area contributed by atoms with Crippen molar-refractivity contribution in [1.29, 1.82) is 0 Å². The van der Waals surface area contributed by atoms with E-state index < -0.39 is 10.0 Å². The summed E-state index contributed by atoms with van der Waals surface area (Å²) in [6, 6.07) is 15.4. The Morgan fingerprint density at radius 3 is 2.05 bits per heavy atom. The van der Waals surface area contributed by atoms with E-state index in [1.54, 1.807) is 0 Å². The van der Waals surface area contributed by atoms with E-state index >= 15 is 0 Å². The second-order valence-corrected chi connectivity index (χ2v) is 7.43. The summed E-state index contributed by atoms with van der Waals surface area (Å²) in [5.74, 6) is 0.00463. The summed E-state index contributed by atoms with van der Waals surface area (Å²) in [5.41, 5.74) is 4.15. The van der Waals surface area contributed by atoms with Gasteiger partial charge in [-0.05, 0) is 37.0 Å². The number of sulfonamides is 1. The SMILES string of the molecule is CCc1ccc([C@@H](C)NS(=O)(=O)Cc2ccc(C)cc2)cc1. The molecule has 0 radical (unpaired) electrons. The summed E-state index contributed by atoms with van der Waals surface area (Å²) in [6.45, 7) is 5.95.